The molecule has 7 nitrogen and oxygen atoms in total. The number of benzene rings is 1. The Hall–Kier alpha value is -2.25. The van der Waals surface area contributed by atoms with Crippen LogP contribution in [0.4, 0.5) is 0 Å². The third-order valence-corrected chi connectivity index (χ3v) is 4.04. The molecule has 1 aromatic heterocycles. The van der Waals surface area contributed by atoms with Crippen LogP contribution in [0.2, 0.25) is 0 Å². The van der Waals surface area contributed by atoms with Gasteiger partial charge in [0.15, 0.2) is 0 Å². The molecule has 0 unspecified atom stereocenters. The number of rotatable bonds is 5. The van der Waals surface area contributed by atoms with E-state index in [-0.39, 0.29) is 5.91 Å². The summed E-state index contributed by atoms with van der Waals surface area (Å²) in [6.45, 7) is 6.13. The van der Waals surface area contributed by atoms with E-state index in [1.807, 2.05) is 12.1 Å². The molecule has 0 bridgehead atoms. The minimum Gasteiger partial charge on any atom is -0.379 e. The van der Waals surface area contributed by atoms with Gasteiger partial charge in [-0.05, 0) is 31.2 Å². The lowest BCUT2D eigenvalue weighted by Gasteiger charge is -2.32. The number of aromatic nitrogens is 3. The number of carbonyl (C=O) groups is 1. The fraction of sp³-hybridized carbons (Fsp3) is 0.438. The van der Waals surface area contributed by atoms with E-state index in [0.717, 1.165) is 32.0 Å². The molecule has 1 N–H and O–H groups in total. The van der Waals surface area contributed by atoms with E-state index in [1.54, 1.807) is 23.1 Å². The van der Waals surface area contributed by atoms with Crippen molar-refractivity contribution in [2.45, 2.75) is 13.0 Å². The predicted octanol–water partition coefficient (Wildman–Crippen LogP) is 0.718. The van der Waals surface area contributed by atoms with E-state index in [9.17, 15) is 4.79 Å². The minimum atomic E-state index is -0.0600. The summed E-state index contributed by atoms with van der Waals surface area (Å²) >= 11 is 0. The summed E-state index contributed by atoms with van der Waals surface area (Å²) in [7, 11) is 0. The highest BCUT2D eigenvalue weighted by Crippen LogP contribution is 2.08. The number of carbonyl (C=O) groups excluding carboxylic acids is 1. The molecule has 23 heavy (non-hydrogen) atoms. The Labute approximate surface area is 135 Å². The van der Waals surface area contributed by atoms with Gasteiger partial charge in [-0.25, -0.2) is 9.67 Å². The monoisotopic (exact) mass is 315 g/mol. The molecular formula is C16H21N5O2. The molecule has 2 heterocycles. The fourth-order valence-electron chi connectivity index (χ4n) is 2.60. The Bertz CT molecular complexity index is 620. The van der Waals surface area contributed by atoms with Gasteiger partial charge in [-0.3, -0.25) is 9.69 Å². The highest BCUT2D eigenvalue weighted by Gasteiger charge is 2.17. The molecule has 1 aromatic carbocycles. The van der Waals surface area contributed by atoms with Crippen LogP contribution in [0.1, 0.15) is 17.3 Å². The van der Waals surface area contributed by atoms with Crippen LogP contribution in [-0.2, 0) is 4.74 Å². The van der Waals surface area contributed by atoms with Crippen LogP contribution in [-0.4, -0.2) is 64.5 Å². The first-order valence-corrected chi connectivity index (χ1v) is 7.79. The molecule has 1 aliphatic heterocycles. The first-order chi connectivity index (χ1) is 11.2. The van der Waals surface area contributed by atoms with Crippen molar-refractivity contribution in [2.75, 3.05) is 32.8 Å². The molecule has 1 aliphatic rings. The van der Waals surface area contributed by atoms with Gasteiger partial charge in [0.05, 0.1) is 18.9 Å². The largest absolute Gasteiger partial charge is 0.379 e. The first kappa shape index (κ1) is 15.6. The van der Waals surface area contributed by atoms with Gasteiger partial charge in [-0.15, -0.1) is 0 Å². The minimum absolute atomic E-state index is 0.0600. The highest BCUT2D eigenvalue weighted by molar-refractivity contribution is 5.94. The van der Waals surface area contributed by atoms with Crippen LogP contribution in [0.3, 0.4) is 0 Å². The summed E-state index contributed by atoms with van der Waals surface area (Å²) in [5.74, 6) is -0.0600. The molecule has 0 radical (unpaired) electrons. The van der Waals surface area contributed by atoms with Crippen LogP contribution in [0.5, 0.6) is 0 Å². The molecule has 1 amide bonds. The Kier molecular flexibility index (Phi) is 4.99. The maximum Gasteiger partial charge on any atom is 0.251 e. The van der Waals surface area contributed by atoms with E-state index >= 15 is 0 Å². The molecule has 0 aliphatic carbocycles. The molecule has 0 spiro atoms. The lowest BCUT2D eigenvalue weighted by Crippen LogP contribution is -2.47. The van der Waals surface area contributed by atoms with Gasteiger partial charge in [-0.1, -0.05) is 0 Å². The van der Waals surface area contributed by atoms with E-state index < -0.39 is 0 Å². The lowest BCUT2D eigenvalue weighted by molar-refractivity contribution is 0.0204. The van der Waals surface area contributed by atoms with Crippen LogP contribution >= 0.6 is 0 Å². The van der Waals surface area contributed by atoms with Gasteiger partial charge >= 0.3 is 0 Å². The van der Waals surface area contributed by atoms with Crippen LogP contribution in [0.15, 0.2) is 36.9 Å². The SMILES string of the molecule is C[C@H](CNC(=O)c1ccc(-n2cncn2)cc1)N1CCOCC1. The summed E-state index contributed by atoms with van der Waals surface area (Å²) < 4.78 is 7.00. The van der Waals surface area contributed by atoms with Crippen molar-refractivity contribution in [2.24, 2.45) is 0 Å². The Balaban J connectivity index is 1.53. The standard InChI is InChI=1S/C16H21N5O2/c1-13(20-6-8-23-9-7-20)10-18-16(22)14-2-4-15(5-3-14)21-12-17-11-19-21/h2-5,11-13H,6-10H2,1H3,(H,18,22)/t13-/m1/s1. The van der Waals surface area contributed by atoms with Gasteiger partial charge in [0.25, 0.3) is 5.91 Å². The van der Waals surface area contributed by atoms with Crippen LogP contribution in [0, 0.1) is 0 Å². The number of hydrogen-bond acceptors (Lipinski definition) is 5. The number of nitrogens with zero attached hydrogens (tertiary/aromatic N) is 4. The van der Waals surface area contributed by atoms with E-state index in [1.165, 1.54) is 6.33 Å². The van der Waals surface area contributed by atoms with Crippen molar-refractivity contribution >= 4 is 5.91 Å². The molecule has 1 saturated heterocycles. The maximum atomic E-state index is 12.2. The molecule has 7 heteroatoms. The zero-order chi connectivity index (χ0) is 16.1. The highest BCUT2D eigenvalue weighted by atomic mass is 16.5. The Morgan fingerprint density at radius 3 is 2.70 bits per heavy atom. The summed E-state index contributed by atoms with van der Waals surface area (Å²) in [4.78, 5) is 18.5. The molecule has 1 atom stereocenters. The van der Waals surface area contributed by atoms with Crippen molar-refractivity contribution in [3.63, 3.8) is 0 Å². The zero-order valence-corrected chi connectivity index (χ0v) is 13.2. The van der Waals surface area contributed by atoms with Crippen molar-refractivity contribution in [1.29, 1.82) is 0 Å². The molecule has 122 valence electrons. The average molecular weight is 315 g/mol. The van der Waals surface area contributed by atoms with Crippen molar-refractivity contribution in [3.8, 4) is 5.69 Å². The van der Waals surface area contributed by atoms with Crippen LogP contribution in [0.25, 0.3) is 5.69 Å². The quantitative estimate of drug-likeness (QED) is 0.880. The van der Waals surface area contributed by atoms with Crippen LogP contribution < -0.4 is 5.32 Å². The normalized spacial score (nSPS) is 16.9. The maximum absolute atomic E-state index is 12.2. The fourth-order valence-corrected chi connectivity index (χ4v) is 2.60. The van der Waals surface area contributed by atoms with Gasteiger partial charge in [0.1, 0.15) is 12.7 Å². The second-order valence-electron chi connectivity index (χ2n) is 5.59. The second kappa shape index (κ2) is 7.34. The average Bonchev–Trinajstić information content (AvgIpc) is 3.15. The van der Waals surface area contributed by atoms with Crippen molar-refractivity contribution < 1.29 is 9.53 Å². The molecule has 2 aromatic rings. The Morgan fingerprint density at radius 2 is 2.04 bits per heavy atom. The van der Waals surface area contributed by atoms with E-state index in [2.05, 4.69) is 27.2 Å². The van der Waals surface area contributed by atoms with Gasteiger partial charge in [0.2, 0.25) is 0 Å². The number of amides is 1. The van der Waals surface area contributed by atoms with E-state index in [4.69, 9.17) is 4.74 Å². The van der Waals surface area contributed by atoms with Gasteiger partial charge in [-0.2, -0.15) is 5.10 Å². The molecule has 0 saturated carbocycles. The summed E-state index contributed by atoms with van der Waals surface area (Å²) in [5.41, 5.74) is 1.52. The Morgan fingerprint density at radius 1 is 1.30 bits per heavy atom. The molecular weight excluding hydrogens is 294 g/mol. The third-order valence-electron chi connectivity index (χ3n) is 4.04. The van der Waals surface area contributed by atoms with Crippen molar-refractivity contribution in [3.05, 3.63) is 42.5 Å². The zero-order valence-electron chi connectivity index (χ0n) is 13.2. The molecule has 1 fully saturated rings. The number of hydrogen-bond donors (Lipinski definition) is 1. The van der Waals surface area contributed by atoms with Gasteiger partial charge < -0.3 is 10.1 Å². The second-order valence-corrected chi connectivity index (χ2v) is 5.59. The smallest absolute Gasteiger partial charge is 0.251 e. The third kappa shape index (κ3) is 3.94. The number of morpholine rings is 1. The first-order valence-electron chi connectivity index (χ1n) is 7.79. The van der Waals surface area contributed by atoms with E-state index in [0.29, 0.717) is 18.2 Å². The summed E-state index contributed by atoms with van der Waals surface area (Å²) in [6, 6.07) is 7.61. The predicted molar refractivity (Wildman–Crippen MR) is 85.5 cm³/mol. The van der Waals surface area contributed by atoms with Crippen molar-refractivity contribution in [1.82, 2.24) is 25.0 Å². The number of ether oxygens (including phenoxy) is 1. The molecule has 3 rings (SSSR count). The topological polar surface area (TPSA) is 72.3 Å². The van der Waals surface area contributed by atoms with Gasteiger partial charge in [0, 0.05) is 31.2 Å². The number of nitrogens with one attached hydrogen (secondary N) is 1. The summed E-state index contributed by atoms with van der Waals surface area (Å²) in [5, 5.41) is 7.06. The lowest BCUT2D eigenvalue weighted by atomic mass is 10.2. The summed E-state index contributed by atoms with van der Waals surface area (Å²) in [6.07, 6.45) is 3.10.